The van der Waals surface area contributed by atoms with Gasteiger partial charge in [0.25, 0.3) is 0 Å². The highest BCUT2D eigenvalue weighted by molar-refractivity contribution is 9.10. The SMILES string of the molecule is Cn1cnnc1SC(CN)c1ccc(Br)cc1. The molecule has 1 aromatic carbocycles. The van der Waals surface area contributed by atoms with Crippen molar-refractivity contribution in [2.45, 2.75) is 10.4 Å². The monoisotopic (exact) mass is 312 g/mol. The predicted molar refractivity (Wildman–Crippen MR) is 72.8 cm³/mol. The Morgan fingerprint density at radius 1 is 1.41 bits per heavy atom. The van der Waals surface area contributed by atoms with E-state index in [9.17, 15) is 0 Å². The third-order valence-corrected chi connectivity index (χ3v) is 4.23. The van der Waals surface area contributed by atoms with Gasteiger partial charge in [0, 0.05) is 23.3 Å². The van der Waals surface area contributed by atoms with Crippen LogP contribution < -0.4 is 5.73 Å². The lowest BCUT2D eigenvalue weighted by Gasteiger charge is -2.13. The highest BCUT2D eigenvalue weighted by atomic mass is 79.9. The molecule has 0 saturated heterocycles. The largest absolute Gasteiger partial charge is 0.329 e. The van der Waals surface area contributed by atoms with Crippen LogP contribution in [0, 0.1) is 0 Å². The van der Waals surface area contributed by atoms with Crippen LogP contribution in [-0.4, -0.2) is 21.3 Å². The third kappa shape index (κ3) is 3.08. The van der Waals surface area contributed by atoms with Gasteiger partial charge >= 0.3 is 0 Å². The second-order valence-corrected chi connectivity index (χ2v) is 5.70. The van der Waals surface area contributed by atoms with Crippen LogP contribution in [0.5, 0.6) is 0 Å². The van der Waals surface area contributed by atoms with E-state index in [1.54, 1.807) is 18.1 Å². The molecule has 0 saturated carbocycles. The van der Waals surface area contributed by atoms with Gasteiger partial charge in [0.15, 0.2) is 5.16 Å². The first kappa shape index (κ1) is 12.6. The number of rotatable bonds is 4. The zero-order chi connectivity index (χ0) is 12.3. The van der Waals surface area contributed by atoms with Gasteiger partial charge in [-0.05, 0) is 17.7 Å². The number of thioether (sulfide) groups is 1. The molecule has 0 aliphatic heterocycles. The normalized spacial score (nSPS) is 12.6. The molecule has 1 aromatic heterocycles. The van der Waals surface area contributed by atoms with Gasteiger partial charge in [-0.2, -0.15) is 0 Å². The van der Waals surface area contributed by atoms with Crippen molar-refractivity contribution >= 4 is 27.7 Å². The number of hydrogen-bond acceptors (Lipinski definition) is 4. The maximum atomic E-state index is 5.82. The fourth-order valence-electron chi connectivity index (χ4n) is 1.44. The summed E-state index contributed by atoms with van der Waals surface area (Å²) < 4.78 is 2.97. The minimum absolute atomic E-state index is 0.200. The summed E-state index contributed by atoms with van der Waals surface area (Å²) in [4.78, 5) is 0. The van der Waals surface area contributed by atoms with Gasteiger partial charge in [-0.15, -0.1) is 10.2 Å². The van der Waals surface area contributed by atoms with Crippen LogP contribution in [0.3, 0.4) is 0 Å². The molecule has 0 aliphatic carbocycles. The summed E-state index contributed by atoms with van der Waals surface area (Å²) in [6.45, 7) is 0.569. The van der Waals surface area contributed by atoms with Gasteiger partial charge in [-0.3, -0.25) is 0 Å². The number of aryl methyl sites for hydroxylation is 1. The fraction of sp³-hybridized carbons (Fsp3) is 0.273. The molecule has 90 valence electrons. The Hall–Kier alpha value is -0.850. The van der Waals surface area contributed by atoms with E-state index < -0.39 is 0 Å². The van der Waals surface area contributed by atoms with E-state index in [0.717, 1.165) is 9.63 Å². The Bertz CT molecular complexity index is 482. The summed E-state index contributed by atoms with van der Waals surface area (Å²) in [6.07, 6.45) is 1.69. The average molecular weight is 313 g/mol. The minimum atomic E-state index is 0.200. The van der Waals surface area contributed by atoms with Gasteiger partial charge in [0.05, 0.1) is 0 Å². The third-order valence-electron chi connectivity index (χ3n) is 2.37. The standard InChI is InChI=1S/C11H13BrN4S/c1-16-7-14-15-11(16)17-10(6-13)8-2-4-9(12)5-3-8/h2-5,7,10H,6,13H2,1H3. The van der Waals surface area contributed by atoms with Crippen LogP contribution >= 0.6 is 27.7 Å². The number of benzene rings is 1. The first-order valence-corrected chi connectivity index (χ1v) is 6.84. The lowest BCUT2D eigenvalue weighted by molar-refractivity contribution is 0.781. The number of hydrogen-bond donors (Lipinski definition) is 1. The summed E-state index contributed by atoms with van der Waals surface area (Å²) in [5.74, 6) is 0. The molecule has 1 heterocycles. The highest BCUT2D eigenvalue weighted by Gasteiger charge is 2.14. The molecule has 0 fully saturated rings. The highest BCUT2D eigenvalue weighted by Crippen LogP contribution is 2.33. The van der Waals surface area contributed by atoms with E-state index in [1.807, 2.05) is 23.7 Å². The Morgan fingerprint density at radius 3 is 2.65 bits per heavy atom. The van der Waals surface area contributed by atoms with Gasteiger partial charge in [-0.1, -0.05) is 39.8 Å². The van der Waals surface area contributed by atoms with E-state index in [4.69, 9.17) is 5.73 Å². The van der Waals surface area contributed by atoms with E-state index in [2.05, 4.69) is 38.3 Å². The first-order chi connectivity index (χ1) is 8.20. The average Bonchev–Trinajstić information content (AvgIpc) is 2.73. The van der Waals surface area contributed by atoms with Gasteiger partial charge in [0.2, 0.25) is 0 Å². The zero-order valence-electron chi connectivity index (χ0n) is 9.38. The fourth-order valence-corrected chi connectivity index (χ4v) is 2.65. The van der Waals surface area contributed by atoms with Crippen molar-refractivity contribution in [3.05, 3.63) is 40.6 Å². The van der Waals surface area contributed by atoms with Crippen molar-refractivity contribution in [3.63, 3.8) is 0 Å². The Kier molecular flexibility index (Phi) is 4.20. The predicted octanol–water partition coefficient (Wildman–Crippen LogP) is 2.37. The molecule has 17 heavy (non-hydrogen) atoms. The maximum Gasteiger partial charge on any atom is 0.191 e. The second kappa shape index (κ2) is 5.66. The smallest absolute Gasteiger partial charge is 0.191 e. The molecule has 2 N–H and O–H groups in total. The van der Waals surface area contributed by atoms with E-state index >= 15 is 0 Å². The Balaban J connectivity index is 2.17. The summed E-state index contributed by atoms with van der Waals surface area (Å²) in [7, 11) is 1.93. The summed E-state index contributed by atoms with van der Waals surface area (Å²) >= 11 is 5.05. The molecule has 2 aromatic rings. The molecule has 6 heteroatoms. The summed E-state index contributed by atoms with van der Waals surface area (Å²) in [6, 6.07) is 8.19. The molecule has 0 spiro atoms. The summed E-state index contributed by atoms with van der Waals surface area (Å²) in [5.41, 5.74) is 7.02. The molecule has 4 nitrogen and oxygen atoms in total. The van der Waals surface area contributed by atoms with Crippen molar-refractivity contribution < 1.29 is 0 Å². The van der Waals surface area contributed by atoms with Gasteiger partial charge < -0.3 is 10.3 Å². The number of nitrogens with zero attached hydrogens (tertiary/aromatic N) is 3. The molecule has 0 amide bonds. The van der Waals surface area contributed by atoms with Crippen molar-refractivity contribution in [3.8, 4) is 0 Å². The molecule has 0 aliphatic rings. The van der Waals surface area contributed by atoms with E-state index in [1.165, 1.54) is 5.56 Å². The van der Waals surface area contributed by atoms with Crippen molar-refractivity contribution in [1.82, 2.24) is 14.8 Å². The molecular formula is C11H13BrN4S. The molecular weight excluding hydrogens is 300 g/mol. The quantitative estimate of drug-likeness (QED) is 0.881. The van der Waals surface area contributed by atoms with Gasteiger partial charge in [0.1, 0.15) is 6.33 Å². The van der Waals surface area contributed by atoms with Crippen LogP contribution in [0.15, 0.2) is 40.2 Å². The second-order valence-electron chi connectivity index (χ2n) is 3.62. The van der Waals surface area contributed by atoms with Crippen LogP contribution in [-0.2, 0) is 7.05 Å². The van der Waals surface area contributed by atoms with E-state index in [0.29, 0.717) is 6.54 Å². The zero-order valence-corrected chi connectivity index (χ0v) is 11.8. The number of aromatic nitrogens is 3. The van der Waals surface area contributed by atoms with Crippen LogP contribution in [0.2, 0.25) is 0 Å². The van der Waals surface area contributed by atoms with Crippen molar-refractivity contribution in [1.29, 1.82) is 0 Å². The lowest BCUT2D eigenvalue weighted by Crippen LogP contribution is -2.10. The minimum Gasteiger partial charge on any atom is -0.329 e. The Labute approximate surface area is 113 Å². The van der Waals surface area contributed by atoms with Crippen molar-refractivity contribution in [2.75, 3.05) is 6.54 Å². The number of nitrogens with two attached hydrogens (primary N) is 1. The van der Waals surface area contributed by atoms with Crippen molar-refractivity contribution in [2.24, 2.45) is 12.8 Å². The maximum absolute atomic E-state index is 5.82. The van der Waals surface area contributed by atoms with Gasteiger partial charge in [-0.25, -0.2) is 0 Å². The first-order valence-electron chi connectivity index (χ1n) is 5.17. The van der Waals surface area contributed by atoms with Crippen LogP contribution in [0.1, 0.15) is 10.8 Å². The molecule has 1 unspecified atom stereocenters. The topological polar surface area (TPSA) is 56.7 Å². The Morgan fingerprint density at radius 2 is 2.12 bits per heavy atom. The molecule has 0 radical (unpaired) electrons. The number of halogens is 1. The molecule has 0 bridgehead atoms. The van der Waals surface area contributed by atoms with Crippen LogP contribution in [0.25, 0.3) is 0 Å². The van der Waals surface area contributed by atoms with E-state index in [-0.39, 0.29) is 5.25 Å². The molecule has 1 atom stereocenters. The lowest BCUT2D eigenvalue weighted by atomic mass is 10.1. The molecule has 2 rings (SSSR count). The summed E-state index contributed by atoms with van der Waals surface area (Å²) in [5, 5.41) is 9.00. The van der Waals surface area contributed by atoms with Crippen LogP contribution in [0.4, 0.5) is 0 Å².